The van der Waals surface area contributed by atoms with E-state index in [2.05, 4.69) is 10.3 Å². The van der Waals surface area contributed by atoms with Crippen molar-refractivity contribution in [1.29, 1.82) is 0 Å². The van der Waals surface area contributed by atoms with Gasteiger partial charge in [-0.2, -0.15) is 13.2 Å². The van der Waals surface area contributed by atoms with Crippen molar-refractivity contribution in [3.05, 3.63) is 54.5 Å². The van der Waals surface area contributed by atoms with Crippen LogP contribution in [0.25, 0.3) is 16.8 Å². The van der Waals surface area contributed by atoms with Gasteiger partial charge in [0.05, 0.1) is 18.2 Å². The van der Waals surface area contributed by atoms with Crippen molar-refractivity contribution in [3.8, 4) is 16.9 Å². The lowest BCUT2D eigenvalue weighted by molar-refractivity contribution is -0.153. The molecule has 1 unspecified atom stereocenters. The summed E-state index contributed by atoms with van der Waals surface area (Å²) in [4.78, 5) is 17.1. The van der Waals surface area contributed by atoms with Crippen molar-refractivity contribution < 1.29 is 27.4 Å². The number of fused-ring (bicyclic) bond motifs is 1. The number of nitrogens with zero attached hydrogens (tertiary/aromatic N) is 2. The molecule has 4 rings (SSSR count). The summed E-state index contributed by atoms with van der Waals surface area (Å²) < 4.78 is 49.9. The number of hydrogen-bond acceptors (Lipinski definition) is 4. The molecular weight excluding hydrogens is 399 g/mol. The van der Waals surface area contributed by atoms with Crippen molar-refractivity contribution in [2.75, 3.05) is 13.2 Å². The Morgan fingerprint density at radius 2 is 2.00 bits per heavy atom. The first-order valence-electron chi connectivity index (χ1n) is 9.35. The fourth-order valence-electron chi connectivity index (χ4n) is 3.25. The second-order valence-corrected chi connectivity index (χ2v) is 7.62. The standard InChI is InChI=1S/C21H20F3N3O3/c1-20(2)17(11-30-20)26-19(28)15-10-27-9-5-7-14(18(27)25-15)13-6-3-4-8-16(13)29-12-21(22,23)24/h3-10,17H,11-12H2,1-2H3,(H,26,28). The van der Waals surface area contributed by atoms with Gasteiger partial charge in [0, 0.05) is 23.5 Å². The fraction of sp³-hybridized carbons (Fsp3) is 0.333. The summed E-state index contributed by atoms with van der Waals surface area (Å²) in [7, 11) is 0. The Balaban J connectivity index is 1.66. The molecule has 1 aliphatic rings. The highest BCUT2D eigenvalue weighted by Crippen LogP contribution is 2.33. The Bertz CT molecular complexity index is 1090. The van der Waals surface area contributed by atoms with Gasteiger partial charge in [-0.05, 0) is 32.0 Å². The maximum atomic E-state index is 12.6. The largest absolute Gasteiger partial charge is 0.483 e. The highest BCUT2D eigenvalue weighted by Gasteiger charge is 2.41. The Kier molecular flexibility index (Phi) is 4.93. The maximum Gasteiger partial charge on any atom is 0.422 e. The summed E-state index contributed by atoms with van der Waals surface area (Å²) in [5, 5.41) is 2.90. The van der Waals surface area contributed by atoms with Gasteiger partial charge < -0.3 is 19.2 Å². The van der Waals surface area contributed by atoms with Gasteiger partial charge in [0.2, 0.25) is 0 Å². The molecule has 9 heteroatoms. The van der Waals surface area contributed by atoms with Crippen molar-refractivity contribution in [1.82, 2.24) is 14.7 Å². The summed E-state index contributed by atoms with van der Waals surface area (Å²) in [5.74, 6) is -0.252. The van der Waals surface area contributed by atoms with E-state index >= 15 is 0 Å². The molecule has 3 aromatic rings. The molecule has 158 valence electrons. The van der Waals surface area contributed by atoms with Gasteiger partial charge in [-0.25, -0.2) is 4.98 Å². The number of aromatic nitrogens is 2. The lowest BCUT2D eigenvalue weighted by atomic mass is 9.93. The van der Waals surface area contributed by atoms with Crippen molar-refractivity contribution in [3.63, 3.8) is 0 Å². The number of carbonyl (C=O) groups is 1. The molecule has 0 saturated carbocycles. The second kappa shape index (κ2) is 7.32. The van der Waals surface area contributed by atoms with Crippen molar-refractivity contribution in [2.24, 2.45) is 0 Å². The average molecular weight is 419 g/mol. The van der Waals surface area contributed by atoms with E-state index in [1.165, 1.54) is 6.07 Å². The Morgan fingerprint density at radius 3 is 2.67 bits per heavy atom. The van der Waals surface area contributed by atoms with E-state index in [-0.39, 0.29) is 23.4 Å². The molecule has 0 spiro atoms. The van der Waals surface area contributed by atoms with Gasteiger partial charge in [0.1, 0.15) is 17.1 Å². The first-order valence-corrected chi connectivity index (χ1v) is 9.35. The van der Waals surface area contributed by atoms with Crippen LogP contribution in [0.15, 0.2) is 48.8 Å². The smallest absolute Gasteiger partial charge is 0.422 e. The fourth-order valence-corrected chi connectivity index (χ4v) is 3.25. The molecule has 0 aliphatic carbocycles. The molecule has 1 atom stereocenters. The van der Waals surface area contributed by atoms with Crippen LogP contribution in [-0.2, 0) is 4.74 Å². The molecule has 1 amide bonds. The molecule has 1 aromatic carbocycles. The highest BCUT2D eigenvalue weighted by atomic mass is 19.4. The summed E-state index contributed by atoms with van der Waals surface area (Å²) in [6.07, 6.45) is -1.14. The number of amides is 1. The number of benzene rings is 1. The number of nitrogens with one attached hydrogen (secondary N) is 1. The molecule has 1 N–H and O–H groups in total. The Morgan fingerprint density at radius 1 is 1.27 bits per heavy atom. The number of para-hydroxylation sites is 1. The van der Waals surface area contributed by atoms with Crippen LogP contribution < -0.4 is 10.1 Å². The number of rotatable bonds is 5. The quantitative estimate of drug-likeness (QED) is 0.682. The molecule has 1 fully saturated rings. The first-order chi connectivity index (χ1) is 14.1. The lowest BCUT2D eigenvalue weighted by Crippen LogP contribution is -2.62. The predicted molar refractivity (Wildman–Crippen MR) is 103 cm³/mol. The van der Waals surface area contributed by atoms with Gasteiger partial charge in [0.15, 0.2) is 6.61 Å². The van der Waals surface area contributed by atoms with Crippen LogP contribution in [0.2, 0.25) is 0 Å². The SMILES string of the molecule is CC1(C)OCC1NC(=O)c1cn2cccc(-c3ccccc3OCC(F)(F)F)c2n1. The molecule has 30 heavy (non-hydrogen) atoms. The third kappa shape index (κ3) is 3.97. The molecule has 0 radical (unpaired) electrons. The van der Waals surface area contributed by atoms with E-state index in [0.29, 0.717) is 23.4 Å². The van der Waals surface area contributed by atoms with E-state index in [1.807, 2.05) is 13.8 Å². The van der Waals surface area contributed by atoms with Crippen LogP contribution in [0.3, 0.4) is 0 Å². The van der Waals surface area contributed by atoms with E-state index in [9.17, 15) is 18.0 Å². The zero-order valence-electron chi connectivity index (χ0n) is 16.4. The number of imidazole rings is 1. The molecule has 1 aliphatic heterocycles. The van der Waals surface area contributed by atoms with E-state index in [0.717, 1.165) is 0 Å². The van der Waals surface area contributed by atoms with Crippen LogP contribution in [0.5, 0.6) is 5.75 Å². The number of ether oxygens (including phenoxy) is 2. The number of carbonyl (C=O) groups excluding carboxylic acids is 1. The average Bonchev–Trinajstić information content (AvgIpc) is 3.14. The molecule has 2 aromatic heterocycles. The minimum absolute atomic E-state index is 0.0882. The molecule has 6 nitrogen and oxygen atoms in total. The zero-order valence-corrected chi connectivity index (χ0v) is 16.4. The Hall–Kier alpha value is -3.07. The van der Waals surface area contributed by atoms with Gasteiger partial charge >= 0.3 is 6.18 Å². The first kappa shape index (κ1) is 20.2. The van der Waals surface area contributed by atoms with E-state index in [1.54, 1.807) is 47.1 Å². The third-order valence-electron chi connectivity index (χ3n) is 5.05. The monoisotopic (exact) mass is 419 g/mol. The zero-order chi connectivity index (χ0) is 21.5. The molecular formula is C21H20F3N3O3. The number of hydrogen-bond donors (Lipinski definition) is 1. The predicted octanol–water partition coefficient (Wildman–Crippen LogP) is 3.85. The van der Waals surface area contributed by atoms with Crippen molar-refractivity contribution in [2.45, 2.75) is 31.7 Å². The number of halogens is 3. The van der Waals surface area contributed by atoms with Crippen LogP contribution in [-0.4, -0.2) is 46.3 Å². The van der Waals surface area contributed by atoms with Gasteiger partial charge in [-0.15, -0.1) is 0 Å². The van der Waals surface area contributed by atoms with Crippen LogP contribution in [0, 0.1) is 0 Å². The maximum absolute atomic E-state index is 12.6. The summed E-state index contributed by atoms with van der Waals surface area (Å²) in [6, 6.07) is 9.77. The van der Waals surface area contributed by atoms with Gasteiger partial charge in [-0.1, -0.05) is 18.2 Å². The topological polar surface area (TPSA) is 64.9 Å². The number of pyridine rings is 1. The van der Waals surface area contributed by atoms with Gasteiger partial charge in [-0.3, -0.25) is 4.79 Å². The second-order valence-electron chi connectivity index (χ2n) is 7.62. The third-order valence-corrected chi connectivity index (χ3v) is 5.05. The van der Waals surface area contributed by atoms with Crippen LogP contribution in [0.1, 0.15) is 24.3 Å². The van der Waals surface area contributed by atoms with E-state index < -0.39 is 18.4 Å². The minimum atomic E-state index is -4.45. The number of alkyl halides is 3. The Labute approximate surface area is 170 Å². The molecule has 1 saturated heterocycles. The minimum Gasteiger partial charge on any atom is -0.483 e. The molecule has 3 heterocycles. The summed E-state index contributed by atoms with van der Waals surface area (Å²) in [5.41, 5.74) is 1.23. The summed E-state index contributed by atoms with van der Waals surface area (Å²) in [6.45, 7) is 2.82. The van der Waals surface area contributed by atoms with Crippen LogP contribution in [0.4, 0.5) is 13.2 Å². The van der Waals surface area contributed by atoms with E-state index in [4.69, 9.17) is 9.47 Å². The lowest BCUT2D eigenvalue weighted by Gasteiger charge is -2.44. The molecule has 0 bridgehead atoms. The van der Waals surface area contributed by atoms with Gasteiger partial charge in [0.25, 0.3) is 5.91 Å². The van der Waals surface area contributed by atoms with Crippen molar-refractivity contribution >= 4 is 11.6 Å². The normalized spacial score (nSPS) is 18.1. The highest BCUT2D eigenvalue weighted by molar-refractivity contribution is 5.94. The summed E-state index contributed by atoms with van der Waals surface area (Å²) >= 11 is 0. The van der Waals surface area contributed by atoms with Crippen LogP contribution >= 0.6 is 0 Å².